The second kappa shape index (κ2) is 4.16. The summed E-state index contributed by atoms with van der Waals surface area (Å²) in [6.07, 6.45) is 0. The standard InChI is InChI=1S/C7H16ClNO/c1-6(5-10-8)9-7(2,3)4/h6,9H,5H2,1-4H3. The van der Waals surface area contributed by atoms with E-state index in [1.165, 1.54) is 0 Å². The first-order chi connectivity index (χ1) is 4.45. The topological polar surface area (TPSA) is 21.3 Å². The number of hydrogen-bond donors (Lipinski definition) is 1. The molecule has 1 atom stereocenters. The Balaban J connectivity index is 3.47. The lowest BCUT2D eigenvalue weighted by molar-refractivity contribution is 0.260. The second-order valence-corrected chi connectivity index (χ2v) is 3.79. The molecule has 0 amide bonds. The molecule has 1 unspecified atom stereocenters. The molecule has 0 aliphatic heterocycles. The Kier molecular flexibility index (Phi) is 4.25. The van der Waals surface area contributed by atoms with Gasteiger partial charge in [-0.1, -0.05) is 0 Å². The number of halogens is 1. The van der Waals surface area contributed by atoms with E-state index in [1.54, 1.807) is 0 Å². The average molecular weight is 166 g/mol. The quantitative estimate of drug-likeness (QED) is 0.690. The number of hydrogen-bond acceptors (Lipinski definition) is 2. The van der Waals surface area contributed by atoms with Gasteiger partial charge in [0.25, 0.3) is 0 Å². The zero-order valence-corrected chi connectivity index (χ0v) is 7.83. The minimum Gasteiger partial charge on any atom is -0.307 e. The normalized spacial score (nSPS) is 15.3. The Morgan fingerprint density at radius 2 is 2.00 bits per heavy atom. The van der Waals surface area contributed by atoms with Crippen LogP contribution in [0.1, 0.15) is 27.7 Å². The van der Waals surface area contributed by atoms with Gasteiger partial charge in [0.2, 0.25) is 0 Å². The largest absolute Gasteiger partial charge is 0.307 e. The smallest absolute Gasteiger partial charge is 0.0833 e. The minimum atomic E-state index is 0.134. The highest BCUT2D eigenvalue weighted by Gasteiger charge is 2.12. The van der Waals surface area contributed by atoms with Gasteiger partial charge in [-0.3, -0.25) is 4.29 Å². The van der Waals surface area contributed by atoms with Crippen molar-refractivity contribution in [1.82, 2.24) is 5.32 Å². The molecule has 0 aliphatic carbocycles. The van der Waals surface area contributed by atoms with Gasteiger partial charge in [-0.2, -0.15) is 0 Å². The van der Waals surface area contributed by atoms with Crippen LogP contribution in [0.3, 0.4) is 0 Å². The summed E-state index contributed by atoms with van der Waals surface area (Å²) in [5.41, 5.74) is 0.134. The highest BCUT2D eigenvalue weighted by molar-refractivity contribution is 6.07. The zero-order chi connectivity index (χ0) is 8.20. The van der Waals surface area contributed by atoms with Crippen molar-refractivity contribution in [2.24, 2.45) is 0 Å². The Morgan fingerprint density at radius 3 is 2.30 bits per heavy atom. The fraction of sp³-hybridized carbons (Fsp3) is 1.00. The van der Waals surface area contributed by atoms with Crippen molar-refractivity contribution in [3.05, 3.63) is 0 Å². The first-order valence-corrected chi connectivity index (χ1v) is 3.78. The summed E-state index contributed by atoms with van der Waals surface area (Å²) >= 11 is 5.09. The van der Waals surface area contributed by atoms with Crippen molar-refractivity contribution in [3.8, 4) is 0 Å². The van der Waals surface area contributed by atoms with E-state index in [4.69, 9.17) is 11.9 Å². The Morgan fingerprint density at radius 1 is 1.50 bits per heavy atom. The Hall–Kier alpha value is 0.210. The SMILES string of the molecule is CC(COCl)NC(C)(C)C. The van der Waals surface area contributed by atoms with E-state index in [0.717, 1.165) is 0 Å². The van der Waals surface area contributed by atoms with Crippen LogP contribution >= 0.6 is 11.9 Å². The molecule has 10 heavy (non-hydrogen) atoms. The van der Waals surface area contributed by atoms with Crippen molar-refractivity contribution in [3.63, 3.8) is 0 Å². The predicted octanol–water partition coefficient (Wildman–Crippen LogP) is 1.93. The van der Waals surface area contributed by atoms with Gasteiger partial charge in [-0.15, -0.1) is 0 Å². The van der Waals surface area contributed by atoms with Crippen molar-refractivity contribution < 1.29 is 4.29 Å². The summed E-state index contributed by atoms with van der Waals surface area (Å²) in [5.74, 6) is 0. The maximum Gasteiger partial charge on any atom is 0.0833 e. The molecule has 0 aromatic heterocycles. The summed E-state index contributed by atoms with van der Waals surface area (Å²) in [5, 5.41) is 3.31. The molecule has 3 heteroatoms. The lowest BCUT2D eigenvalue weighted by atomic mass is 10.1. The van der Waals surface area contributed by atoms with Crippen LogP contribution in [0.5, 0.6) is 0 Å². The fourth-order valence-electron chi connectivity index (χ4n) is 0.875. The van der Waals surface area contributed by atoms with Gasteiger partial charge in [-0.05, 0) is 27.7 Å². The summed E-state index contributed by atoms with van der Waals surface area (Å²) in [4.78, 5) is 0. The molecule has 0 aromatic carbocycles. The Labute approximate surface area is 68.1 Å². The van der Waals surface area contributed by atoms with Crippen LogP contribution in [0.15, 0.2) is 0 Å². The van der Waals surface area contributed by atoms with Crippen LogP contribution < -0.4 is 5.32 Å². The van der Waals surface area contributed by atoms with Gasteiger partial charge < -0.3 is 5.32 Å². The molecule has 1 N–H and O–H groups in total. The van der Waals surface area contributed by atoms with Gasteiger partial charge >= 0.3 is 0 Å². The van der Waals surface area contributed by atoms with E-state index < -0.39 is 0 Å². The Bertz CT molecular complexity index is 90.1. The molecule has 0 bridgehead atoms. The van der Waals surface area contributed by atoms with E-state index in [2.05, 4.69) is 30.4 Å². The predicted molar refractivity (Wildman–Crippen MR) is 44.2 cm³/mol. The lowest BCUT2D eigenvalue weighted by Gasteiger charge is -2.24. The van der Waals surface area contributed by atoms with Gasteiger partial charge in [0.15, 0.2) is 0 Å². The zero-order valence-electron chi connectivity index (χ0n) is 7.07. The summed E-state index contributed by atoms with van der Waals surface area (Å²) in [6.45, 7) is 8.90. The molecule has 0 saturated heterocycles. The van der Waals surface area contributed by atoms with E-state index >= 15 is 0 Å². The molecule has 0 aromatic rings. The van der Waals surface area contributed by atoms with Gasteiger partial charge in [0.1, 0.15) is 0 Å². The molecule has 0 saturated carbocycles. The van der Waals surface area contributed by atoms with Crippen LogP contribution in [-0.2, 0) is 4.29 Å². The van der Waals surface area contributed by atoms with Gasteiger partial charge in [-0.25, -0.2) is 0 Å². The fourth-order valence-corrected chi connectivity index (χ4v) is 1.06. The van der Waals surface area contributed by atoms with Crippen LogP contribution in [-0.4, -0.2) is 18.2 Å². The minimum absolute atomic E-state index is 0.134. The van der Waals surface area contributed by atoms with Crippen LogP contribution in [0.2, 0.25) is 0 Å². The molecular formula is C7H16ClNO. The third kappa shape index (κ3) is 6.33. The lowest BCUT2D eigenvalue weighted by Crippen LogP contribution is -2.43. The van der Waals surface area contributed by atoms with E-state index in [-0.39, 0.29) is 5.54 Å². The third-order valence-corrected chi connectivity index (χ3v) is 1.12. The van der Waals surface area contributed by atoms with Crippen molar-refractivity contribution in [2.75, 3.05) is 6.61 Å². The number of nitrogens with one attached hydrogen (secondary N) is 1. The molecular weight excluding hydrogens is 150 g/mol. The van der Waals surface area contributed by atoms with E-state index in [1.807, 2.05) is 6.92 Å². The van der Waals surface area contributed by atoms with Gasteiger partial charge in [0.05, 0.1) is 18.5 Å². The molecule has 0 rings (SSSR count). The summed E-state index contributed by atoms with van der Waals surface area (Å²) in [6, 6.07) is 0.303. The maximum atomic E-state index is 5.09. The van der Waals surface area contributed by atoms with Crippen molar-refractivity contribution in [2.45, 2.75) is 39.3 Å². The van der Waals surface area contributed by atoms with Crippen molar-refractivity contribution >= 4 is 11.9 Å². The highest BCUT2D eigenvalue weighted by atomic mass is 35.5. The van der Waals surface area contributed by atoms with Crippen LogP contribution in [0.25, 0.3) is 0 Å². The summed E-state index contributed by atoms with van der Waals surface area (Å²) in [7, 11) is 0. The molecule has 62 valence electrons. The molecule has 0 heterocycles. The first-order valence-electron chi connectivity index (χ1n) is 3.47. The highest BCUT2D eigenvalue weighted by Crippen LogP contribution is 2.01. The molecule has 0 fully saturated rings. The number of rotatable bonds is 3. The average Bonchev–Trinajstić information content (AvgIpc) is 1.59. The van der Waals surface area contributed by atoms with Crippen LogP contribution in [0.4, 0.5) is 0 Å². The third-order valence-electron chi connectivity index (χ3n) is 0.992. The van der Waals surface area contributed by atoms with Crippen molar-refractivity contribution in [1.29, 1.82) is 0 Å². The molecule has 0 aliphatic rings. The van der Waals surface area contributed by atoms with Crippen LogP contribution in [0, 0.1) is 0 Å². The van der Waals surface area contributed by atoms with E-state index in [0.29, 0.717) is 12.6 Å². The van der Waals surface area contributed by atoms with Gasteiger partial charge in [0, 0.05) is 11.6 Å². The van der Waals surface area contributed by atoms with E-state index in [9.17, 15) is 0 Å². The molecule has 2 nitrogen and oxygen atoms in total. The molecule has 0 radical (unpaired) electrons. The maximum absolute atomic E-state index is 5.09. The monoisotopic (exact) mass is 165 g/mol. The summed E-state index contributed by atoms with van der Waals surface area (Å²) < 4.78 is 4.46. The molecule has 0 spiro atoms. The first kappa shape index (κ1) is 10.2. The second-order valence-electron chi connectivity index (χ2n) is 3.57.